The molecule has 2 heterocycles. The van der Waals surface area contributed by atoms with E-state index in [1.165, 1.54) is 29.2 Å². The Balaban J connectivity index is 1.72. The first-order valence-corrected chi connectivity index (χ1v) is 10.5. The molecule has 0 radical (unpaired) electrons. The Labute approximate surface area is 185 Å². The maximum absolute atomic E-state index is 13.4. The van der Waals surface area contributed by atoms with Crippen molar-refractivity contribution in [3.63, 3.8) is 0 Å². The van der Waals surface area contributed by atoms with Crippen LogP contribution in [0.2, 0.25) is 0 Å². The van der Waals surface area contributed by atoms with Gasteiger partial charge in [-0.25, -0.2) is 4.39 Å². The highest BCUT2D eigenvalue weighted by molar-refractivity contribution is 6.46. The second-order valence-electron chi connectivity index (χ2n) is 7.73. The second-order valence-corrected chi connectivity index (χ2v) is 7.73. The summed E-state index contributed by atoms with van der Waals surface area (Å²) in [5, 5.41) is 11.0. The molecule has 2 fully saturated rings. The largest absolute Gasteiger partial charge is 0.507 e. The smallest absolute Gasteiger partial charge is 0.295 e. The van der Waals surface area contributed by atoms with E-state index in [9.17, 15) is 19.1 Å². The quantitative estimate of drug-likeness (QED) is 0.423. The predicted molar refractivity (Wildman–Crippen MR) is 116 cm³/mol. The molecule has 4 rings (SSSR count). The van der Waals surface area contributed by atoms with Gasteiger partial charge in [0, 0.05) is 31.7 Å². The number of benzene rings is 2. The Kier molecular flexibility index (Phi) is 6.53. The number of methoxy groups -OCH3 is 1. The van der Waals surface area contributed by atoms with E-state index < -0.39 is 23.5 Å². The zero-order valence-electron chi connectivity index (χ0n) is 17.8. The standard InChI is InChI=1S/C24H25FN2O5/c1-31-19-8-4-16(5-9-19)21-20(22(28)17-2-6-18(25)7-3-17)23(29)24(30)27(21)11-10-26-12-14-32-15-13-26/h2-9,21,28H,10-15H2,1H3/b22-20+/t21-/m1/s1. The van der Waals surface area contributed by atoms with Gasteiger partial charge in [-0.2, -0.15) is 0 Å². The van der Waals surface area contributed by atoms with Crippen LogP contribution in [0, 0.1) is 5.82 Å². The SMILES string of the molecule is COc1ccc([C@@H]2/C(=C(\O)c3ccc(F)cc3)C(=O)C(=O)N2CCN2CCOCC2)cc1. The van der Waals surface area contributed by atoms with Gasteiger partial charge in [-0.1, -0.05) is 12.1 Å². The molecule has 2 aromatic rings. The van der Waals surface area contributed by atoms with Gasteiger partial charge in [-0.3, -0.25) is 14.5 Å². The number of hydrogen-bond acceptors (Lipinski definition) is 6. The van der Waals surface area contributed by atoms with E-state index in [1.54, 1.807) is 31.4 Å². The third-order valence-corrected chi connectivity index (χ3v) is 5.85. The van der Waals surface area contributed by atoms with Crippen LogP contribution in [0.15, 0.2) is 54.1 Å². The van der Waals surface area contributed by atoms with Crippen molar-refractivity contribution in [2.45, 2.75) is 6.04 Å². The fourth-order valence-corrected chi connectivity index (χ4v) is 4.08. The molecule has 2 aromatic carbocycles. The summed E-state index contributed by atoms with van der Waals surface area (Å²) in [6.07, 6.45) is 0. The number of likely N-dealkylation sites (tertiary alicyclic amines) is 1. The van der Waals surface area contributed by atoms with E-state index in [0.717, 1.165) is 13.1 Å². The Morgan fingerprint density at radius 3 is 2.34 bits per heavy atom. The van der Waals surface area contributed by atoms with Crippen LogP contribution in [0.3, 0.4) is 0 Å². The van der Waals surface area contributed by atoms with Gasteiger partial charge in [0.25, 0.3) is 11.7 Å². The molecule has 8 heteroatoms. The Morgan fingerprint density at radius 1 is 1.06 bits per heavy atom. The maximum atomic E-state index is 13.4. The molecule has 1 atom stereocenters. The number of rotatable bonds is 6. The molecule has 1 amide bonds. The topological polar surface area (TPSA) is 79.3 Å². The fraction of sp³-hybridized carbons (Fsp3) is 0.333. The highest BCUT2D eigenvalue weighted by Gasteiger charge is 2.46. The number of Topliss-reactive ketones (excluding diaryl/α,β-unsaturated/α-hetero) is 1. The van der Waals surface area contributed by atoms with E-state index in [4.69, 9.17) is 9.47 Å². The van der Waals surface area contributed by atoms with Crippen molar-refractivity contribution < 1.29 is 28.6 Å². The summed E-state index contributed by atoms with van der Waals surface area (Å²) in [7, 11) is 1.55. The molecule has 0 aliphatic carbocycles. The first-order chi connectivity index (χ1) is 15.5. The average molecular weight is 440 g/mol. The van der Waals surface area contributed by atoms with Gasteiger partial charge in [0.1, 0.15) is 17.3 Å². The summed E-state index contributed by atoms with van der Waals surface area (Å²) in [4.78, 5) is 29.7. The van der Waals surface area contributed by atoms with Crippen molar-refractivity contribution in [2.24, 2.45) is 0 Å². The molecule has 7 nitrogen and oxygen atoms in total. The Hall–Kier alpha value is -3.23. The van der Waals surface area contributed by atoms with E-state index in [0.29, 0.717) is 37.6 Å². The number of carbonyl (C=O) groups excluding carboxylic acids is 2. The minimum Gasteiger partial charge on any atom is -0.507 e. The van der Waals surface area contributed by atoms with Crippen LogP contribution in [-0.4, -0.2) is 73.1 Å². The highest BCUT2D eigenvalue weighted by atomic mass is 19.1. The van der Waals surface area contributed by atoms with Crippen LogP contribution in [0.25, 0.3) is 5.76 Å². The lowest BCUT2D eigenvalue weighted by Gasteiger charge is -2.31. The number of ketones is 1. The van der Waals surface area contributed by atoms with Gasteiger partial charge >= 0.3 is 0 Å². The summed E-state index contributed by atoms with van der Waals surface area (Å²) in [5.41, 5.74) is 0.945. The fourth-order valence-electron chi connectivity index (χ4n) is 4.08. The van der Waals surface area contributed by atoms with E-state index >= 15 is 0 Å². The molecule has 0 bridgehead atoms. The van der Waals surface area contributed by atoms with Crippen LogP contribution in [0.1, 0.15) is 17.2 Å². The number of morpholine rings is 1. The summed E-state index contributed by atoms with van der Waals surface area (Å²) >= 11 is 0. The van der Waals surface area contributed by atoms with Crippen molar-refractivity contribution >= 4 is 17.4 Å². The van der Waals surface area contributed by atoms with Crippen molar-refractivity contribution in [1.82, 2.24) is 9.80 Å². The number of nitrogens with zero attached hydrogens (tertiary/aromatic N) is 2. The molecule has 1 N–H and O–H groups in total. The highest BCUT2D eigenvalue weighted by Crippen LogP contribution is 2.39. The number of halogens is 1. The van der Waals surface area contributed by atoms with Crippen LogP contribution in [0.4, 0.5) is 4.39 Å². The van der Waals surface area contributed by atoms with E-state index in [2.05, 4.69) is 4.90 Å². The first-order valence-electron chi connectivity index (χ1n) is 10.5. The van der Waals surface area contributed by atoms with Crippen LogP contribution < -0.4 is 4.74 Å². The van der Waals surface area contributed by atoms with Crippen molar-refractivity contribution in [1.29, 1.82) is 0 Å². The molecule has 0 saturated carbocycles. The van der Waals surface area contributed by atoms with Gasteiger partial charge < -0.3 is 19.5 Å². The van der Waals surface area contributed by atoms with Crippen LogP contribution in [-0.2, 0) is 14.3 Å². The molecule has 168 valence electrons. The minimum absolute atomic E-state index is 0.00578. The zero-order chi connectivity index (χ0) is 22.7. The first kappa shape index (κ1) is 22.0. The molecule has 2 aliphatic rings. The third-order valence-electron chi connectivity index (χ3n) is 5.85. The second kappa shape index (κ2) is 9.50. The molecule has 0 aromatic heterocycles. The van der Waals surface area contributed by atoms with Crippen molar-refractivity contribution in [3.05, 3.63) is 71.0 Å². The molecule has 2 saturated heterocycles. The lowest BCUT2D eigenvalue weighted by Crippen LogP contribution is -2.42. The Morgan fingerprint density at radius 2 is 1.72 bits per heavy atom. The van der Waals surface area contributed by atoms with E-state index in [-0.39, 0.29) is 16.9 Å². The maximum Gasteiger partial charge on any atom is 0.295 e. The number of aliphatic hydroxyl groups is 1. The monoisotopic (exact) mass is 440 g/mol. The number of amides is 1. The number of ether oxygens (including phenoxy) is 2. The Bertz CT molecular complexity index is 1010. The predicted octanol–water partition coefficient (Wildman–Crippen LogP) is 2.59. The normalized spacial score (nSPS) is 21.2. The van der Waals surface area contributed by atoms with E-state index in [1.807, 2.05) is 0 Å². The molecule has 32 heavy (non-hydrogen) atoms. The molecular weight excluding hydrogens is 415 g/mol. The molecular formula is C24H25FN2O5. The lowest BCUT2D eigenvalue weighted by atomic mass is 9.95. The molecule has 2 aliphatic heterocycles. The van der Waals surface area contributed by atoms with Gasteiger partial charge in [0.15, 0.2) is 0 Å². The third kappa shape index (κ3) is 4.37. The number of hydrogen-bond donors (Lipinski definition) is 1. The molecule has 0 spiro atoms. The summed E-state index contributed by atoms with van der Waals surface area (Å²) in [6, 6.07) is 11.5. The lowest BCUT2D eigenvalue weighted by molar-refractivity contribution is -0.140. The number of aliphatic hydroxyl groups excluding tert-OH is 1. The van der Waals surface area contributed by atoms with Crippen LogP contribution >= 0.6 is 0 Å². The summed E-state index contributed by atoms with van der Waals surface area (Å²) in [6.45, 7) is 3.68. The number of carbonyl (C=O) groups is 2. The minimum atomic E-state index is -0.757. The van der Waals surface area contributed by atoms with Gasteiger partial charge in [0.2, 0.25) is 0 Å². The average Bonchev–Trinajstić information content (AvgIpc) is 3.08. The van der Waals surface area contributed by atoms with Crippen molar-refractivity contribution in [3.8, 4) is 5.75 Å². The van der Waals surface area contributed by atoms with Gasteiger partial charge in [0.05, 0.1) is 31.9 Å². The summed E-state index contributed by atoms with van der Waals surface area (Å²) in [5.74, 6) is -1.56. The van der Waals surface area contributed by atoms with Gasteiger partial charge in [-0.05, 0) is 42.0 Å². The van der Waals surface area contributed by atoms with Crippen molar-refractivity contribution in [2.75, 3.05) is 46.5 Å². The summed E-state index contributed by atoms with van der Waals surface area (Å²) < 4.78 is 24.0. The molecule has 0 unspecified atom stereocenters. The van der Waals surface area contributed by atoms with Gasteiger partial charge in [-0.15, -0.1) is 0 Å². The zero-order valence-corrected chi connectivity index (χ0v) is 17.8. The van der Waals surface area contributed by atoms with Crippen LogP contribution in [0.5, 0.6) is 5.75 Å².